The van der Waals surface area contributed by atoms with Crippen LogP contribution in [0.2, 0.25) is 0 Å². The van der Waals surface area contributed by atoms with Gasteiger partial charge in [0.05, 0.1) is 0 Å². The molecule has 92 valence electrons. The molecule has 0 amide bonds. The normalized spacial score (nSPS) is 10.3. The molecule has 0 aliphatic heterocycles. The summed E-state index contributed by atoms with van der Waals surface area (Å²) in [4.78, 5) is 19.2. The van der Waals surface area contributed by atoms with Gasteiger partial charge in [0, 0.05) is 12.1 Å². The molecule has 1 N–H and O–H groups in total. The Kier molecular flexibility index (Phi) is 3.37. The van der Waals surface area contributed by atoms with Crippen molar-refractivity contribution in [2.24, 2.45) is 0 Å². The highest BCUT2D eigenvalue weighted by Gasteiger charge is 2.09. The van der Waals surface area contributed by atoms with Crippen molar-refractivity contribution in [1.82, 2.24) is 9.97 Å². The minimum atomic E-state index is -1.02. The lowest BCUT2D eigenvalue weighted by molar-refractivity contribution is 0.0689. The third-order valence-corrected chi connectivity index (χ3v) is 2.56. The van der Waals surface area contributed by atoms with Crippen LogP contribution >= 0.6 is 0 Å². The number of hydrogen-bond donors (Lipinski definition) is 1. The average molecular weight is 242 g/mol. The summed E-state index contributed by atoms with van der Waals surface area (Å²) < 4.78 is 0. The van der Waals surface area contributed by atoms with Crippen molar-refractivity contribution in [3.05, 3.63) is 58.7 Å². The number of rotatable bonds is 3. The molecule has 0 aliphatic rings. The van der Waals surface area contributed by atoms with Gasteiger partial charge in [-0.1, -0.05) is 29.8 Å². The van der Waals surface area contributed by atoms with Crippen LogP contribution in [0.15, 0.2) is 30.3 Å². The van der Waals surface area contributed by atoms with E-state index >= 15 is 0 Å². The first-order valence-electron chi connectivity index (χ1n) is 5.68. The number of nitrogens with zero attached hydrogens (tertiary/aromatic N) is 2. The van der Waals surface area contributed by atoms with Crippen molar-refractivity contribution in [2.75, 3.05) is 0 Å². The molecule has 1 heterocycles. The molecule has 4 nitrogen and oxygen atoms in total. The number of aromatic nitrogens is 2. The Morgan fingerprint density at radius 3 is 2.67 bits per heavy atom. The van der Waals surface area contributed by atoms with E-state index in [1.807, 2.05) is 31.2 Å². The van der Waals surface area contributed by atoms with Crippen LogP contribution in [0.3, 0.4) is 0 Å². The number of hydrogen-bond acceptors (Lipinski definition) is 3. The number of aromatic carboxylic acids is 1. The lowest BCUT2D eigenvalue weighted by Gasteiger charge is -2.04. The Morgan fingerprint density at radius 1 is 1.22 bits per heavy atom. The third-order valence-electron chi connectivity index (χ3n) is 2.56. The smallest absolute Gasteiger partial charge is 0.354 e. The number of carboxylic acids is 1. The van der Waals surface area contributed by atoms with Gasteiger partial charge in [-0.25, -0.2) is 14.8 Å². The van der Waals surface area contributed by atoms with Crippen LogP contribution in [0.1, 0.15) is 33.1 Å². The molecule has 4 heteroatoms. The maximum absolute atomic E-state index is 10.9. The molecule has 0 spiro atoms. The molecule has 0 saturated carbocycles. The van der Waals surface area contributed by atoms with E-state index in [4.69, 9.17) is 5.11 Å². The number of carbonyl (C=O) groups is 1. The number of aryl methyl sites for hydroxylation is 2. The first-order valence-corrected chi connectivity index (χ1v) is 5.68. The molecule has 0 fully saturated rings. The monoisotopic (exact) mass is 242 g/mol. The molecule has 0 atom stereocenters. The van der Waals surface area contributed by atoms with Crippen LogP contribution in [0.4, 0.5) is 0 Å². The van der Waals surface area contributed by atoms with E-state index in [0.717, 1.165) is 5.56 Å². The lowest BCUT2D eigenvalue weighted by Crippen LogP contribution is -2.07. The van der Waals surface area contributed by atoms with Gasteiger partial charge in [0.2, 0.25) is 0 Å². The maximum atomic E-state index is 10.9. The van der Waals surface area contributed by atoms with Gasteiger partial charge in [0.25, 0.3) is 0 Å². The second-order valence-corrected chi connectivity index (χ2v) is 4.28. The maximum Gasteiger partial charge on any atom is 0.354 e. The second kappa shape index (κ2) is 4.96. The standard InChI is InChI=1S/C14H14N2O2/c1-9-4-3-5-11(6-9)8-13-15-10(2)7-12(16-13)14(17)18/h3-7H,8H2,1-2H3,(H,17,18). The summed E-state index contributed by atoms with van der Waals surface area (Å²) in [5.41, 5.74) is 2.96. The number of benzene rings is 1. The highest BCUT2D eigenvalue weighted by atomic mass is 16.4. The zero-order chi connectivity index (χ0) is 13.1. The van der Waals surface area contributed by atoms with Crippen LogP contribution in [0.25, 0.3) is 0 Å². The fraction of sp³-hybridized carbons (Fsp3) is 0.214. The van der Waals surface area contributed by atoms with Gasteiger partial charge in [-0.15, -0.1) is 0 Å². The van der Waals surface area contributed by atoms with Gasteiger partial charge < -0.3 is 5.11 Å². The van der Waals surface area contributed by atoms with Crippen molar-refractivity contribution >= 4 is 5.97 Å². The summed E-state index contributed by atoms with van der Waals surface area (Å²) in [5, 5.41) is 8.95. The van der Waals surface area contributed by atoms with E-state index in [9.17, 15) is 4.79 Å². The molecule has 0 radical (unpaired) electrons. The first kappa shape index (κ1) is 12.2. The van der Waals surface area contributed by atoms with Gasteiger partial charge >= 0.3 is 5.97 Å². The summed E-state index contributed by atoms with van der Waals surface area (Å²) >= 11 is 0. The molecule has 0 saturated heterocycles. The molecule has 18 heavy (non-hydrogen) atoms. The summed E-state index contributed by atoms with van der Waals surface area (Å²) in [6, 6.07) is 9.50. The quantitative estimate of drug-likeness (QED) is 0.897. The molecule has 1 aromatic heterocycles. The second-order valence-electron chi connectivity index (χ2n) is 4.28. The topological polar surface area (TPSA) is 63.1 Å². The van der Waals surface area contributed by atoms with Crippen LogP contribution in [-0.4, -0.2) is 21.0 Å². The SMILES string of the molecule is Cc1cccc(Cc2nc(C)cc(C(=O)O)n2)c1. The zero-order valence-corrected chi connectivity index (χ0v) is 10.3. The van der Waals surface area contributed by atoms with Crippen molar-refractivity contribution in [3.63, 3.8) is 0 Å². The summed E-state index contributed by atoms with van der Waals surface area (Å²) in [6.07, 6.45) is 0.545. The minimum Gasteiger partial charge on any atom is -0.477 e. The van der Waals surface area contributed by atoms with E-state index < -0.39 is 5.97 Å². The predicted octanol–water partition coefficient (Wildman–Crippen LogP) is 2.38. The molecular weight excluding hydrogens is 228 g/mol. The van der Waals surface area contributed by atoms with Gasteiger partial charge in [-0.3, -0.25) is 0 Å². The third kappa shape index (κ3) is 2.91. The molecule has 2 rings (SSSR count). The summed E-state index contributed by atoms with van der Waals surface area (Å²) in [5.74, 6) is -0.482. The van der Waals surface area contributed by atoms with Crippen LogP contribution in [0.5, 0.6) is 0 Å². The minimum absolute atomic E-state index is 0.0464. The Morgan fingerprint density at radius 2 is 2.00 bits per heavy atom. The predicted molar refractivity (Wildman–Crippen MR) is 67.7 cm³/mol. The molecule has 1 aromatic carbocycles. The van der Waals surface area contributed by atoms with E-state index in [0.29, 0.717) is 17.9 Å². The Labute approximate surface area is 105 Å². The van der Waals surface area contributed by atoms with Crippen LogP contribution < -0.4 is 0 Å². The summed E-state index contributed by atoms with van der Waals surface area (Å²) in [6.45, 7) is 3.79. The van der Waals surface area contributed by atoms with Gasteiger partial charge in [-0.05, 0) is 25.5 Å². The fourth-order valence-corrected chi connectivity index (χ4v) is 1.82. The van der Waals surface area contributed by atoms with Crippen LogP contribution in [-0.2, 0) is 6.42 Å². The highest BCUT2D eigenvalue weighted by Crippen LogP contribution is 2.09. The molecule has 2 aromatic rings. The molecular formula is C14H14N2O2. The number of carboxylic acid groups (broad SMARTS) is 1. The van der Waals surface area contributed by atoms with Crippen molar-refractivity contribution in [3.8, 4) is 0 Å². The average Bonchev–Trinajstić information content (AvgIpc) is 2.28. The van der Waals surface area contributed by atoms with E-state index in [1.165, 1.54) is 11.6 Å². The first-order chi connectivity index (χ1) is 8.54. The largest absolute Gasteiger partial charge is 0.477 e. The van der Waals surface area contributed by atoms with Crippen molar-refractivity contribution < 1.29 is 9.90 Å². The molecule has 0 bridgehead atoms. The molecule has 0 unspecified atom stereocenters. The Bertz CT molecular complexity index is 594. The summed E-state index contributed by atoms with van der Waals surface area (Å²) in [7, 11) is 0. The van der Waals surface area contributed by atoms with Crippen LogP contribution in [0, 0.1) is 13.8 Å². The van der Waals surface area contributed by atoms with Crippen molar-refractivity contribution in [2.45, 2.75) is 20.3 Å². The Balaban J connectivity index is 2.31. The van der Waals surface area contributed by atoms with Gasteiger partial charge in [0.15, 0.2) is 5.69 Å². The Hall–Kier alpha value is -2.23. The van der Waals surface area contributed by atoms with E-state index in [-0.39, 0.29) is 5.69 Å². The van der Waals surface area contributed by atoms with E-state index in [2.05, 4.69) is 9.97 Å². The van der Waals surface area contributed by atoms with E-state index in [1.54, 1.807) is 6.92 Å². The lowest BCUT2D eigenvalue weighted by atomic mass is 10.1. The molecule has 0 aliphatic carbocycles. The zero-order valence-electron chi connectivity index (χ0n) is 10.3. The van der Waals surface area contributed by atoms with Gasteiger partial charge in [0.1, 0.15) is 5.82 Å². The van der Waals surface area contributed by atoms with Crippen molar-refractivity contribution in [1.29, 1.82) is 0 Å². The van der Waals surface area contributed by atoms with Gasteiger partial charge in [-0.2, -0.15) is 0 Å². The fourth-order valence-electron chi connectivity index (χ4n) is 1.82. The highest BCUT2D eigenvalue weighted by molar-refractivity contribution is 5.85.